The summed E-state index contributed by atoms with van der Waals surface area (Å²) in [7, 11) is 8.01. The maximum atomic E-state index is 5.47. The van der Waals surface area contributed by atoms with Gasteiger partial charge in [0.15, 0.2) is 11.5 Å². The third-order valence-corrected chi connectivity index (χ3v) is 4.67. The minimum Gasteiger partial charge on any atom is -0.474 e. The van der Waals surface area contributed by atoms with E-state index in [0.29, 0.717) is 25.0 Å². The third kappa shape index (κ3) is 9.82. The van der Waals surface area contributed by atoms with E-state index in [2.05, 4.69) is 20.1 Å². The van der Waals surface area contributed by atoms with Crippen LogP contribution in [0.5, 0.6) is 11.8 Å². The molecule has 2 heterocycles. The molecule has 0 spiro atoms. The van der Waals surface area contributed by atoms with E-state index >= 15 is 0 Å². The molecule has 0 atom stereocenters. The molecule has 0 aliphatic heterocycles. The van der Waals surface area contributed by atoms with Gasteiger partial charge in [-0.2, -0.15) is 0 Å². The maximum absolute atomic E-state index is 5.47. The number of hydrogen-bond donors (Lipinski definition) is 0. The van der Waals surface area contributed by atoms with Crippen molar-refractivity contribution in [1.29, 1.82) is 0 Å². The quantitative estimate of drug-likeness (QED) is 0.301. The van der Waals surface area contributed by atoms with Crippen molar-refractivity contribution in [3.8, 4) is 34.4 Å². The Morgan fingerprint density at radius 2 is 1.00 bits per heavy atom. The van der Waals surface area contributed by atoms with Gasteiger partial charge in [0.2, 0.25) is 0 Å². The Morgan fingerprint density at radius 1 is 0.629 bits per heavy atom. The largest absolute Gasteiger partial charge is 0.474 e. The van der Waals surface area contributed by atoms with Crippen molar-refractivity contribution < 1.29 is 18.5 Å². The molecule has 0 N–H and O–H groups in total. The summed E-state index contributed by atoms with van der Waals surface area (Å²) in [6.07, 6.45) is 0. The SMILES string of the molecule is CN(C)CCOc1cc(-c2ccccc2)on1.CN(C)CCOc1cc(-c2ccccc2)on1.Cl. The lowest BCUT2D eigenvalue weighted by Crippen LogP contribution is -2.19. The molecule has 0 amide bonds. The molecule has 9 heteroatoms. The number of halogens is 1. The summed E-state index contributed by atoms with van der Waals surface area (Å²) in [5, 5.41) is 7.75. The van der Waals surface area contributed by atoms with Crippen LogP contribution in [-0.2, 0) is 0 Å². The minimum absolute atomic E-state index is 0. The number of rotatable bonds is 10. The van der Waals surface area contributed by atoms with Crippen LogP contribution in [0, 0.1) is 0 Å². The highest BCUT2D eigenvalue weighted by Gasteiger charge is 2.08. The summed E-state index contributed by atoms with van der Waals surface area (Å²) in [5.41, 5.74) is 2.00. The van der Waals surface area contributed by atoms with Crippen molar-refractivity contribution in [3.05, 3.63) is 72.8 Å². The van der Waals surface area contributed by atoms with E-state index < -0.39 is 0 Å². The lowest BCUT2D eigenvalue weighted by Gasteiger charge is -2.08. The molecule has 2 aromatic heterocycles. The number of benzene rings is 2. The first-order valence-corrected chi connectivity index (χ1v) is 11.1. The van der Waals surface area contributed by atoms with E-state index in [1.807, 2.05) is 101 Å². The maximum Gasteiger partial charge on any atom is 0.254 e. The number of nitrogens with zero attached hydrogens (tertiary/aromatic N) is 4. The number of likely N-dealkylation sites (N-methyl/N-ethyl adjacent to an activating group) is 2. The van der Waals surface area contributed by atoms with Gasteiger partial charge in [0.1, 0.15) is 13.2 Å². The van der Waals surface area contributed by atoms with Crippen LogP contribution in [0.3, 0.4) is 0 Å². The smallest absolute Gasteiger partial charge is 0.254 e. The van der Waals surface area contributed by atoms with E-state index in [1.54, 1.807) is 0 Å². The van der Waals surface area contributed by atoms with E-state index in [4.69, 9.17) is 18.5 Å². The normalized spacial score (nSPS) is 10.5. The molecule has 0 saturated heterocycles. The van der Waals surface area contributed by atoms with Gasteiger partial charge in [0, 0.05) is 36.3 Å². The fraction of sp³-hybridized carbons (Fsp3) is 0.308. The molecule has 0 fully saturated rings. The first-order valence-electron chi connectivity index (χ1n) is 11.1. The second-order valence-electron chi connectivity index (χ2n) is 8.09. The Balaban J connectivity index is 0.000000240. The predicted octanol–water partition coefficient (Wildman–Crippen LogP) is 4.99. The first kappa shape index (κ1) is 27.9. The van der Waals surface area contributed by atoms with Gasteiger partial charge in [-0.05, 0) is 38.5 Å². The molecule has 35 heavy (non-hydrogen) atoms. The van der Waals surface area contributed by atoms with Gasteiger partial charge in [-0.3, -0.25) is 0 Å². The van der Waals surface area contributed by atoms with Gasteiger partial charge in [0.25, 0.3) is 11.8 Å². The molecule has 8 nitrogen and oxygen atoms in total. The van der Waals surface area contributed by atoms with Crippen molar-refractivity contribution in [2.24, 2.45) is 0 Å². The predicted molar refractivity (Wildman–Crippen MR) is 139 cm³/mol. The van der Waals surface area contributed by atoms with E-state index in [0.717, 1.165) is 35.7 Å². The van der Waals surface area contributed by atoms with Crippen LogP contribution in [0.4, 0.5) is 0 Å². The molecule has 0 radical (unpaired) electrons. The molecule has 0 unspecified atom stereocenters. The molecule has 0 saturated carbocycles. The van der Waals surface area contributed by atoms with Crippen LogP contribution < -0.4 is 9.47 Å². The second kappa shape index (κ2) is 14.8. The zero-order valence-corrected chi connectivity index (χ0v) is 21.4. The fourth-order valence-electron chi connectivity index (χ4n) is 2.80. The zero-order chi connectivity index (χ0) is 24.2. The van der Waals surface area contributed by atoms with Crippen molar-refractivity contribution in [3.63, 3.8) is 0 Å². The molecule has 2 aromatic carbocycles. The van der Waals surface area contributed by atoms with E-state index in [9.17, 15) is 0 Å². The first-order chi connectivity index (χ1) is 16.5. The highest BCUT2D eigenvalue weighted by molar-refractivity contribution is 5.85. The third-order valence-electron chi connectivity index (χ3n) is 4.67. The summed E-state index contributed by atoms with van der Waals surface area (Å²) in [6, 6.07) is 23.3. The summed E-state index contributed by atoms with van der Waals surface area (Å²) in [6.45, 7) is 2.92. The van der Waals surface area contributed by atoms with Crippen molar-refractivity contribution in [2.45, 2.75) is 0 Å². The standard InChI is InChI=1S/2C13H16N2O2.ClH/c2*1-15(2)8-9-16-13-10-12(17-14-13)11-6-4-3-5-7-11;/h2*3-7,10H,8-9H2,1-2H3;1H. The van der Waals surface area contributed by atoms with Gasteiger partial charge in [-0.1, -0.05) is 60.7 Å². The van der Waals surface area contributed by atoms with Crippen molar-refractivity contribution >= 4 is 12.4 Å². The Bertz CT molecular complexity index is 997. The van der Waals surface area contributed by atoms with Crippen LogP contribution >= 0.6 is 12.4 Å². The van der Waals surface area contributed by atoms with Gasteiger partial charge >= 0.3 is 0 Å². The monoisotopic (exact) mass is 500 g/mol. The van der Waals surface area contributed by atoms with E-state index in [1.165, 1.54) is 0 Å². The summed E-state index contributed by atoms with van der Waals surface area (Å²) in [4.78, 5) is 4.11. The molecule has 188 valence electrons. The topological polar surface area (TPSA) is 77.0 Å². The zero-order valence-electron chi connectivity index (χ0n) is 20.6. The molecule has 0 aliphatic carbocycles. The van der Waals surface area contributed by atoms with Crippen LogP contribution in [0.2, 0.25) is 0 Å². The van der Waals surface area contributed by atoms with Gasteiger partial charge in [-0.25, -0.2) is 0 Å². The van der Waals surface area contributed by atoms with Gasteiger partial charge in [0.05, 0.1) is 0 Å². The summed E-state index contributed by atoms with van der Waals surface area (Å²) < 4.78 is 21.4. The molecular weight excluding hydrogens is 468 g/mol. The van der Waals surface area contributed by atoms with Crippen LogP contribution in [0.25, 0.3) is 22.6 Å². The molecule has 4 aromatic rings. The Labute approximate surface area is 212 Å². The molecule has 4 rings (SSSR count). The minimum atomic E-state index is 0. The van der Waals surface area contributed by atoms with Crippen LogP contribution in [-0.4, -0.2) is 74.6 Å². The summed E-state index contributed by atoms with van der Waals surface area (Å²) >= 11 is 0. The average Bonchev–Trinajstić information content (AvgIpc) is 3.50. The second-order valence-corrected chi connectivity index (χ2v) is 8.09. The molecule has 0 bridgehead atoms. The fourth-order valence-corrected chi connectivity index (χ4v) is 2.80. The average molecular weight is 501 g/mol. The highest BCUT2D eigenvalue weighted by Crippen LogP contribution is 2.24. The number of hydrogen-bond acceptors (Lipinski definition) is 8. The summed E-state index contributed by atoms with van der Waals surface area (Å²) in [5.74, 6) is 2.52. The Hall–Kier alpha value is -3.33. The number of ether oxygens (including phenoxy) is 2. The Morgan fingerprint density at radius 3 is 1.34 bits per heavy atom. The lowest BCUT2D eigenvalue weighted by atomic mass is 10.2. The van der Waals surface area contributed by atoms with Crippen molar-refractivity contribution in [2.75, 3.05) is 54.5 Å². The van der Waals surface area contributed by atoms with Gasteiger partial charge in [-0.15, -0.1) is 12.4 Å². The Kier molecular flexibility index (Phi) is 11.8. The van der Waals surface area contributed by atoms with Gasteiger partial charge < -0.3 is 28.3 Å². The number of aromatic nitrogens is 2. The highest BCUT2D eigenvalue weighted by atomic mass is 35.5. The van der Waals surface area contributed by atoms with Crippen LogP contribution in [0.15, 0.2) is 81.8 Å². The molecular formula is C26H33ClN4O4. The van der Waals surface area contributed by atoms with E-state index in [-0.39, 0.29) is 12.4 Å². The van der Waals surface area contributed by atoms with Crippen molar-refractivity contribution in [1.82, 2.24) is 20.1 Å². The molecule has 0 aliphatic rings. The lowest BCUT2D eigenvalue weighted by molar-refractivity contribution is 0.241. The van der Waals surface area contributed by atoms with Crippen LogP contribution in [0.1, 0.15) is 0 Å².